The highest BCUT2D eigenvalue weighted by Gasteiger charge is 2.44. The summed E-state index contributed by atoms with van der Waals surface area (Å²) in [7, 11) is 0. The Morgan fingerprint density at radius 3 is 1.62 bits per heavy atom. The number of esters is 2. The number of ether oxygens (including phenoxy) is 2. The number of allylic oxidation sites excluding steroid dienone is 6. The van der Waals surface area contributed by atoms with Crippen molar-refractivity contribution in [3.05, 3.63) is 49.1 Å². The van der Waals surface area contributed by atoms with E-state index in [1.807, 2.05) is 13.8 Å². The number of hydrogen-bond acceptors (Lipinski definition) is 4. The molecule has 0 amide bonds. The lowest BCUT2D eigenvalue weighted by atomic mass is 9.75. The predicted octanol–water partition coefficient (Wildman–Crippen LogP) is 9.17. The molecular formula is C36H56O4. The van der Waals surface area contributed by atoms with E-state index in [9.17, 15) is 9.59 Å². The molecule has 0 aromatic rings. The van der Waals surface area contributed by atoms with E-state index in [0.29, 0.717) is 23.7 Å². The van der Waals surface area contributed by atoms with Gasteiger partial charge in [0.25, 0.3) is 0 Å². The lowest BCUT2D eigenvalue weighted by Crippen LogP contribution is -2.40. The lowest BCUT2D eigenvalue weighted by Gasteiger charge is -2.39. The molecule has 3 fully saturated rings. The summed E-state index contributed by atoms with van der Waals surface area (Å²) in [4.78, 5) is 23.7. The normalized spacial score (nSPS) is 32.4. The van der Waals surface area contributed by atoms with Crippen LogP contribution in [0.2, 0.25) is 0 Å². The molecule has 2 bridgehead atoms. The maximum Gasteiger partial charge on any atom is 0.330 e. The van der Waals surface area contributed by atoms with Gasteiger partial charge >= 0.3 is 11.9 Å². The Labute approximate surface area is 244 Å². The fraction of sp³-hybridized carbons (Fsp3) is 0.722. The molecule has 0 aliphatic heterocycles. The van der Waals surface area contributed by atoms with E-state index in [4.69, 9.17) is 9.47 Å². The predicted molar refractivity (Wildman–Crippen MR) is 165 cm³/mol. The van der Waals surface area contributed by atoms with E-state index in [0.717, 1.165) is 24.7 Å². The van der Waals surface area contributed by atoms with Crippen LogP contribution in [0.1, 0.15) is 112 Å². The molecule has 5 aliphatic rings. The van der Waals surface area contributed by atoms with Gasteiger partial charge in [-0.15, -0.1) is 0 Å². The third-order valence-corrected chi connectivity index (χ3v) is 10.1. The van der Waals surface area contributed by atoms with Crippen LogP contribution in [-0.4, -0.2) is 23.1 Å². The van der Waals surface area contributed by atoms with Crippen LogP contribution in [0.3, 0.4) is 0 Å². The topological polar surface area (TPSA) is 52.6 Å². The fourth-order valence-corrected chi connectivity index (χ4v) is 7.16. The molecule has 3 atom stereocenters. The monoisotopic (exact) mass is 552 g/mol. The minimum absolute atomic E-state index is 0.0606. The van der Waals surface area contributed by atoms with Gasteiger partial charge in [-0.2, -0.15) is 0 Å². The minimum atomic E-state index is -0.342. The van der Waals surface area contributed by atoms with E-state index in [1.165, 1.54) is 63.9 Å². The van der Waals surface area contributed by atoms with Gasteiger partial charge in [0, 0.05) is 6.08 Å². The van der Waals surface area contributed by atoms with Crippen LogP contribution in [0.4, 0.5) is 0 Å². The Bertz CT molecular complexity index is 912. The van der Waals surface area contributed by atoms with E-state index < -0.39 is 0 Å². The third-order valence-electron chi connectivity index (χ3n) is 10.1. The van der Waals surface area contributed by atoms with Crippen LogP contribution in [-0.2, 0) is 19.1 Å². The van der Waals surface area contributed by atoms with Gasteiger partial charge in [0.05, 0.1) is 5.92 Å². The molecule has 0 aromatic carbocycles. The highest BCUT2D eigenvalue weighted by molar-refractivity contribution is 5.81. The summed E-state index contributed by atoms with van der Waals surface area (Å²) >= 11 is 0. The van der Waals surface area contributed by atoms with Gasteiger partial charge in [-0.3, -0.25) is 4.79 Å². The average Bonchev–Trinajstić information content (AvgIpc) is 3.70. The van der Waals surface area contributed by atoms with Gasteiger partial charge in [-0.1, -0.05) is 82.6 Å². The Balaban J connectivity index is 0.000000193. The highest BCUT2D eigenvalue weighted by atomic mass is 16.6. The summed E-state index contributed by atoms with van der Waals surface area (Å²) in [6.07, 6.45) is 27.2. The lowest BCUT2D eigenvalue weighted by molar-refractivity contribution is -0.169. The number of hydrogen-bond donors (Lipinski definition) is 0. The van der Waals surface area contributed by atoms with Gasteiger partial charge in [0.1, 0.15) is 11.2 Å². The van der Waals surface area contributed by atoms with Crippen molar-refractivity contribution in [1.82, 2.24) is 0 Å². The molecule has 0 aromatic heterocycles. The number of carbonyl (C=O) groups is 2. The van der Waals surface area contributed by atoms with Crippen molar-refractivity contribution in [1.29, 1.82) is 0 Å². The second-order valence-electron chi connectivity index (χ2n) is 14.1. The van der Waals surface area contributed by atoms with Gasteiger partial charge in [-0.05, 0) is 108 Å². The largest absolute Gasteiger partial charge is 0.459 e. The molecule has 3 saturated carbocycles. The molecule has 5 rings (SSSR count). The summed E-state index contributed by atoms with van der Waals surface area (Å²) in [5.74, 6) is 3.68. The molecule has 5 aliphatic carbocycles. The molecule has 0 saturated heterocycles. The molecular weight excluding hydrogens is 496 g/mol. The quantitative estimate of drug-likeness (QED) is 0.187. The first-order chi connectivity index (χ1) is 18.9. The molecule has 0 N–H and O–H groups in total. The Morgan fingerprint density at radius 1 is 0.750 bits per heavy atom. The van der Waals surface area contributed by atoms with Crippen molar-refractivity contribution in [2.24, 2.45) is 41.4 Å². The van der Waals surface area contributed by atoms with Gasteiger partial charge < -0.3 is 9.47 Å². The smallest absolute Gasteiger partial charge is 0.330 e. The van der Waals surface area contributed by atoms with Crippen molar-refractivity contribution < 1.29 is 19.1 Å². The van der Waals surface area contributed by atoms with Crippen LogP contribution in [0, 0.1) is 41.4 Å². The Morgan fingerprint density at radius 2 is 1.25 bits per heavy atom. The van der Waals surface area contributed by atoms with Gasteiger partial charge in [0.2, 0.25) is 0 Å². The zero-order valence-electron chi connectivity index (χ0n) is 26.2. The second-order valence-corrected chi connectivity index (χ2v) is 14.1. The molecule has 0 heterocycles. The SMILES string of the molecule is C1=CCC=C1.C=CC(=O)OC(C)(C)C1CCC(C)CC1.CC1CCC(C(C)(C)OC(=O)C2CC3C=CC2C3)CC1. The first-order valence-corrected chi connectivity index (χ1v) is 16.0. The summed E-state index contributed by atoms with van der Waals surface area (Å²) in [6, 6.07) is 0. The molecule has 0 spiro atoms. The second kappa shape index (κ2) is 14.7. The first kappa shape index (κ1) is 32.4. The first-order valence-electron chi connectivity index (χ1n) is 16.0. The zero-order chi connectivity index (χ0) is 29.3. The van der Waals surface area contributed by atoms with Crippen LogP contribution < -0.4 is 0 Å². The summed E-state index contributed by atoms with van der Waals surface area (Å²) in [5, 5.41) is 0. The van der Waals surface area contributed by atoms with Crippen molar-refractivity contribution >= 4 is 11.9 Å². The average molecular weight is 553 g/mol. The maximum atomic E-state index is 12.5. The van der Waals surface area contributed by atoms with Crippen LogP contribution >= 0.6 is 0 Å². The molecule has 224 valence electrons. The summed E-state index contributed by atoms with van der Waals surface area (Å²) in [6.45, 7) is 16.3. The number of carbonyl (C=O) groups excluding carboxylic acids is 2. The number of rotatable bonds is 6. The van der Waals surface area contributed by atoms with E-state index in [2.05, 4.69) is 70.7 Å². The minimum Gasteiger partial charge on any atom is -0.459 e. The Hall–Kier alpha value is -2.10. The fourth-order valence-electron chi connectivity index (χ4n) is 7.16. The number of fused-ring (bicyclic) bond motifs is 2. The van der Waals surface area contributed by atoms with Crippen LogP contribution in [0.5, 0.6) is 0 Å². The zero-order valence-corrected chi connectivity index (χ0v) is 26.2. The van der Waals surface area contributed by atoms with Crippen molar-refractivity contribution in [2.45, 2.75) is 123 Å². The van der Waals surface area contributed by atoms with Crippen LogP contribution in [0.15, 0.2) is 49.1 Å². The maximum absolute atomic E-state index is 12.5. The molecule has 4 heteroatoms. The van der Waals surface area contributed by atoms with Gasteiger partial charge in [-0.25, -0.2) is 4.79 Å². The van der Waals surface area contributed by atoms with E-state index >= 15 is 0 Å². The highest BCUT2D eigenvalue weighted by Crippen LogP contribution is 2.45. The van der Waals surface area contributed by atoms with Gasteiger partial charge in [0.15, 0.2) is 0 Å². The van der Waals surface area contributed by atoms with E-state index in [-0.39, 0.29) is 29.1 Å². The van der Waals surface area contributed by atoms with Crippen molar-refractivity contribution in [2.75, 3.05) is 0 Å². The molecule has 0 radical (unpaired) electrons. The summed E-state index contributed by atoms with van der Waals surface area (Å²) in [5.41, 5.74) is -0.631. The van der Waals surface area contributed by atoms with Crippen LogP contribution in [0.25, 0.3) is 0 Å². The summed E-state index contributed by atoms with van der Waals surface area (Å²) < 4.78 is 11.4. The molecule has 3 unspecified atom stereocenters. The van der Waals surface area contributed by atoms with Crippen molar-refractivity contribution in [3.63, 3.8) is 0 Å². The third kappa shape index (κ3) is 9.48. The Kier molecular flexibility index (Phi) is 11.9. The standard InChI is InChI=1S/C18H28O2.C13H22O2.C5H6/c1-12-4-8-15(9-5-12)18(2,3)20-17(19)16-11-13-6-7-14(16)10-13;1-5-12(14)15-13(3,4)11-8-6-10(2)7-9-11;1-2-4-5-3-1/h6-7,12-16H,4-5,8-11H2,1-3H3;5,10-11H,1,6-9H2,2-4H3;1-4H,5H2. The molecule has 4 nitrogen and oxygen atoms in total. The van der Waals surface area contributed by atoms with E-state index in [1.54, 1.807) is 0 Å². The van der Waals surface area contributed by atoms with Crippen molar-refractivity contribution in [3.8, 4) is 0 Å². The molecule has 40 heavy (non-hydrogen) atoms.